The fourth-order valence-corrected chi connectivity index (χ4v) is 2.79. The predicted octanol–water partition coefficient (Wildman–Crippen LogP) is 0.960. The Kier molecular flexibility index (Phi) is 3.91. The molecule has 17 heavy (non-hydrogen) atoms. The summed E-state index contributed by atoms with van der Waals surface area (Å²) in [6.45, 7) is 0.676. The molecule has 1 unspecified atom stereocenters. The molecule has 0 radical (unpaired) electrons. The van der Waals surface area contributed by atoms with Gasteiger partial charge in [-0.25, -0.2) is 0 Å². The van der Waals surface area contributed by atoms with Crippen LogP contribution < -0.4 is 10.1 Å². The van der Waals surface area contributed by atoms with E-state index in [1.54, 1.807) is 31.4 Å². The van der Waals surface area contributed by atoms with Crippen molar-refractivity contribution in [1.82, 2.24) is 5.32 Å². The van der Waals surface area contributed by atoms with Crippen molar-refractivity contribution in [2.75, 3.05) is 19.4 Å². The highest BCUT2D eigenvalue weighted by molar-refractivity contribution is 8.00. The number of aliphatic hydroxyl groups excluding tert-OH is 1. The molecule has 0 spiro atoms. The van der Waals surface area contributed by atoms with Gasteiger partial charge in [-0.3, -0.25) is 4.79 Å². The topological polar surface area (TPSA) is 58.6 Å². The molecule has 1 saturated heterocycles. The first-order chi connectivity index (χ1) is 8.22. The van der Waals surface area contributed by atoms with Crippen molar-refractivity contribution in [3.8, 4) is 5.75 Å². The van der Waals surface area contributed by atoms with Crippen molar-refractivity contribution in [3.05, 3.63) is 29.8 Å². The van der Waals surface area contributed by atoms with Crippen LogP contribution >= 0.6 is 11.8 Å². The highest BCUT2D eigenvalue weighted by Gasteiger charge is 2.30. The van der Waals surface area contributed by atoms with Gasteiger partial charge in [-0.1, -0.05) is 12.1 Å². The molecule has 4 nitrogen and oxygen atoms in total. The van der Waals surface area contributed by atoms with E-state index in [0.717, 1.165) is 17.1 Å². The average molecular weight is 253 g/mol. The van der Waals surface area contributed by atoms with Gasteiger partial charge in [0.2, 0.25) is 5.91 Å². The van der Waals surface area contributed by atoms with Crippen molar-refractivity contribution >= 4 is 17.7 Å². The summed E-state index contributed by atoms with van der Waals surface area (Å²) < 4.78 is 5.05. The monoisotopic (exact) mass is 253 g/mol. The lowest BCUT2D eigenvalue weighted by molar-refractivity contribution is -0.122. The van der Waals surface area contributed by atoms with Crippen LogP contribution in [0.25, 0.3) is 0 Å². The van der Waals surface area contributed by atoms with E-state index >= 15 is 0 Å². The molecule has 1 aromatic rings. The van der Waals surface area contributed by atoms with E-state index in [4.69, 9.17) is 4.74 Å². The van der Waals surface area contributed by atoms with Gasteiger partial charge in [-0.15, -0.1) is 11.8 Å². The van der Waals surface area contributed by atoms with Crippen LogP contribution in [0, 0.1) is 0 Å². The van der Waals surface area contributed by atoms with Gasteiger partial charge < -0.3 is 15.2 Å². The zero-order valence-corrected chi connectivity index (χ0v) is 10.4. The van der Waals surface area contributed by atoms with Gasteiger partial charge in [0, 0.05) is 12.3 Å². The molecule has 0 saturated carbocycles. The Morgan fingerprint density at radius 2 is 2.18 bits per heavy atom. The van der Waals surface area contributed by atoms with Gasteiger partial charge in [-0.2, -0.15) is 0 Å². The molecular weight excluding hydrogens is 238 g/mol. The van der Waals surface area contributed by atoms with Crippen LogP contribution in [0.3, 0.4) is 0 Å². The fraction of sp³-hybridized carbons (Fsp3) is 0.417. The van der Waals surface area contributed by atoms with Gasteiger partial charge in [0.1, 0.15) is 11.0 Å². The summed E-state index contributed by atoms with van der Waals surface area (Å²) in [5, 5.41) is 12.5. The number of aliphatic hydroxyl groups is 1. The average Bonchev–Trinajstić information content (AvgIpc) is 2.39. The minimum atomic E-state index is -0.772. The Morgan fingerprint density at radius 3 is 2.76 bits per heavy atom. The van der Waals surface area contributed by atoms with Crippen LogP contribution in [-0.4, -0.2) is 35.7 Å². The van der Waals surface area contributed by atoms with E-state index in [9.17, 15) is 9.90 Å². The molecular formula is C12H15NO3S. The molecule has 2 atom stereocenters. The highest BCUT2D eigenvalue weighted by Crippen LogP contribution is 2.29. The molecule has 0 bridgehead atoms. The van der Waals surface area contributed by atoms with Crippen LogP contribution in [0.1, 0.15) is 11.7 Å². The minimum Gasteiger partial charge on any atom is -0.497 e. The summed E-state index contributed by atoms with van der Waals surface area (Å²) in [5.41, 5.74) is 0.736. The standard InChI is InChI=1S/C12H15NO3S/c1-16-9-4-2-8(3-5-9)10(14)11-12(15)13-6-7-17-11/h2-5,10-11,14H,6-7H2,1H3,(H,13,15)/t10-,11?/m0/s1. The zero-order chi connectivity index (χ0) is 12.3. The first kappa shape index (κ1) is 12.3. The predicted molar refractivity (Wildman–Crippen MR) is 67.2 cm³/mol. The molecule has 1 heterocycles. The summed E-state index contributed by atoms with van der Waals surface area (Å²) in [6, 6.07) is 7.13. The zero-order valence-electron chi connectivity index (χ0n) is 9.55. The van der Waals surface area contributed by atoms with Crippen molar-refractivity contribution < 1.29 is 14.6 Å². The molecule has 0 aliphatic carbocycles. The number of benzene rings is 1. The lowest BCUT2D eigenvalue weighted by Crippen LogP contribution is -2.42. The van der Waals surface area contributed by atoms with Crippen molar-refractivity contribution in [3.63, 3.8) is 0 Å². The molecule has 1 fully saturated rings. The van der Waals surface area contributed by atoms with E-state index in [0.29, 0.717) is 6.54 Å². The quantitative estimate of drug-likeness (QED) is 0.842. The van der Waals surface area contributed by atoms with E-state index in [1.807, 2.05) is 0 Å². The Bertz CT molecular complexity index is 393. The smallest absolute Gasteiger partial charge is 0.236 e. The van der Waals surface area contributed by atoms with Gasteiger partial charge in [0.15, 0.2) is 0 Å². The third-order valence-electron chi connectivity index (χ3n) is 2.70. The first-order valence-corrected chi connectivity index (χ1v) is 6.48. The fourth-order valence-electron chi connectivity index (χ4n) is 1.75. The summed E-state index contributed by atoms with van der Waals surface area (Å²) in [5.74, 6) is 1.48. The van der Waals surface area contributed by atoms with Crippen LogP contribution in [0.2, 0.25) is 0 Å². The van der Waals surface area contributed by atoms with E-state index < -0.39 is 11.4 Å². The van der Waals surface area contributed by atoms with Crippen molar-refractivity contribution in [2.24, 2.45) is 0 Å². The summed E-state index contributed by atoms with van der Waals surface area (Å²) in [4.78, 5) is 11.6. The van der Waals surface area contributed by atoms with Gasteiger partial charge in [0.25, 0.3) is 0 Å². The number of hydrogen-bond donors (Lipinski definition) is 2. The van der Waals surface area contributed by atoms with Gasteiger partial charge in [0.05, 0.1) is 13.2 Å². The maximum Gasteiger partial charge on any atom is 0.236 e. The Balaban J connectivity index is 2.12. The Hall–Kier alpha value is -1.20. The number of thioether (sulfide) groups is 1. The van der Waals surface area contributed by atoms with Crippen LogP contribution in [0.4, 0.5) is 0 Å². The van der Waals surface area contributed by atoms with Crippen LogP contribution in [-0.2, 0) is 4.79 Å². The molecule has 92 valence electrons. The molecule has 0 aromatic heterocycles. The maximum absolute atomic E-state index is 11.6. The Morgan fingerprint density at radius 1 is 1.47 bits per heavy atom. The van der Waals surface area contributed by atoms with Crippen LogP contribution in [0.15, 0.2) is 24.3 Å². The second kappa shape index (κ2) is 5.42. The second-order valence-electron chi connectivity index (χ2n) is 3.80. The largest absolute Gasteiger partial charge is 0.497 e. The third kappa shape index (κ3) is 2.73. The van der Waals surface area contributed by atoms with Crippen molar-refractivity contribution in [1.29, 1.82) is 0 Å². The molecule has 1 amide bonds. The number of nitrogens with one attached hydrogen (secondary N) is 1. The molecule has 2 rings (SSSR count). The number of carbonyl (C=O) groups excluding carboxylic acids is 1. The van der Waals surface area contributed by atoms with Gasteiger partial charge >= 0.3 is 0 Å². The van der Waals surface area contributed by atoms with E-state index in [-0.39, 0.29) is 5.91 Å². The molecule has 2 N–H and O–H groups in total. The number of ether oxygens (including phenoxy) is 1. The number of methoxy groups -OCH3 is 1. The number of amides is 1. The molecule has 5 heteroatoms. The summed E-state index contributed by atoms with van der Waals surface area (Å²) in [6.07, 6.45) is -0.772. The van der Waals surface area contributed by atoms with Crippen molar-refractivity contribution in [2.45, 2.75) is 11.4 Å². The van der Waals surface area contributed by atoms with E-state index in [1.165, 1.54) is 11.8 Å². The maximum atomic E-state index is 11.6. The number of rotatable bonds is 3. The molecule has 1 aliphatic heterocycles. The van der Waals surface area contributed by atoms with Gasteiger partial charge in [-0.05, 0) is 17.7 Å². The lowest BCUT2D eigenvalue weighted by Gasteiger charge is -2.26. The number of hydrogen-bond acceptors (Lipinski definition) is 4. The SMILES string of the molecule is COc1ccc([C@H](O)C2SCCNC2=O)cc1. The first-order valence-electron chi connectivity index (χ1n) is 5.43. The molecule has 1 aromatic carbocycles. The summed E-state index contributed by atoms with van der Waals surface area (Å²) in [7, 11) is 1.59. The van der Waals surface area contributed by atoms with Crippen LogP contribution in [0.5, 0.6) is 5.75 Å². The minimum absolute atomic E-state index is 0.0930. The normalized spacial score (nSPS) is 21.8. The second-order valence-corrected chi connectivity index (χ2v) is 5.05. The Labute approximate surface area is 104 Å². The third-order valence-corrected chi connectivity index (χ3v) is 3.97. The van der Waals surface area contributed by atoms with E-state index in [2.05, 4.69) is 5.32 Å². The number of carbonyl (C=O) groups is 1. The highest BCUT2D eigenvalue weighted by atomic mass is 32.2. The molecule has 1 aliphatic rings. The lowest BCUT2D eigenvalue weighted by atomic mass is 10.1. The summed E-state index contributed by atoms with van der Waals surface area (Å²) >= 11 is 1.49.